The summed E-state index contributed by atoms with van der Waals surface area (Å²) in [5.41, 5.74) is 1.26. The molecular formula is C10H10ClNOS. The Balaban J connectivity index is 3.41. The second-order valence-corrected chi connectivity index (χ2v) is 4.99. The second-order valence-electron chi connectivity index (χ2n) is 2.84. The van der Waals surface area contributed by atoms with Crippen molar-refractivity contribution < 1.29 is 4.21 Å². The van der Waals surface area contributed by atoms with Crippen LogP contribution < -0.4 is 0 Å². The molecule has 1 rings (SSSR count). The maximum Gasteiger partial charge on any atom is 0.101 e. The van der Waals surface area contributed by atoms with E-state index in [9.17, 15) is 4.21 Å². The van der Waals surface area contributed by atoms with Gasteiger partial charge in [-0.15, -0.1) is 0 Å². The molecule has 0 unspecified atom stereocenters. The molecule has 0 aliphatic rings. The molecule has 4 heteroatoms. The van der Waals surface area contributed by atoms with Crippen molar-refractivity contribution in [3.63, 3.8) is 0 Å². The zero-order valence-electron chi connectivity index (χ0n) is 8.00. The highest BCUT2D eigenvalue weighted by molar-refractivity contribution is 7.85. The summed E-state index contributed by atoms with van der Waals surface area (Å²) >= 11 is 5.84. The number of rotatable bonds is 2. The topological polar surface area (TPSA) is 40.9 Å². The normalized spacial score (nSPS) is 12.1. The molecule has 0 saturated heterocycles. The Hall–Kier alpha value is -0.850. The van der Waals surface area contributed by atoms with Crippen LogP contribution in [0.15, 0.2) is 17.0 Å². The van der Waals surface area contributed by atoms with Crippen LogP contribution in [0.5, 0.6) is 0 Å². The summed E-state index contributed by atoms with van der Waals surface area (Å²) in [7, 11) is -1.13. The molecule has 0 aliphatic carbocycles. The Labute approximate surface area is 91.0 Å². The predicted molar refractivity (Wildman–Crippen MR) is 57.9 cm³/mol. The van der Waals surface area contributed by atoms with Gasteiger partial charge in [-0.2, -0.15) is 5.26 Å². The van der Waals surface area contributed by atoms with Gasteiger partial charge >= 0.3 is 0 Å². The van der Waals surface area contributed by atoms with Gasteiger partial charge in [0.25, 0.3) is 0 Å². The third-order valence-electron chi connectivity index (χ3n) is 1.88. The van der Waals surface area contributed by atoms with Crippen molar-refractivity contribution >= 4 is 22.4 Å². The van der Waals surface area contributed by atoms with E-state index in [2.05, 4.69) is 6.07 Å². The van der Waals surface area contributed by atoms with E-state index < -0.39 is 10.8 Å². The van der Waals surface area contributed by atoms with Crippen LogP contribution in [0.25, 0.3) is 0 Å². The predicted octanol–water partition coefficient (Wildman–Crippen LogP) is 2.65. The van der Waals surface area contributed by atoms with Crippen LogP contribution in [-0.2, 0) is 10.8 Å². The molecular weight excluding hydrogens is 218 g/mol. The third-order valence-corrected chi connectivity index (χ3v) is 3.44. The minimum absolute atomic E-state index is 0.481. The number of aryl methyl sites for hydroxylation is 1. The minimum atomic E-state index is -1.13. The van der Waals surface area contributed by atoms with Crippen molar-refractivity contribution in [1.29, 1.82) is 5.26 Å². The van der Waals surface area contributed by atoms with Gasteiger partial charge in [0, 0.05) is 10.8 Å². The number of hydrogen-bond acceptors (Lipinski definition) is 2. The van der Waals surface area contributed by atoms with Crippen LogP contribution in [0.1, 0.15) is 18.1 Å². The average molecular weight is 228 g/mol. The van der Waals surface area contributed by atoms with Gasteiger partial charge in [0.05, 0.1) is 21.3 Å². The maximum absolute atomic E-state index is 11.6. The summed E-state index contributed by atoms with van der Waals surface area (Å²) in [5.74, 6) is 0.495. The van der Waals surface area contributed by atoms with Crippen LogP contribution in [0.4, 0.5) is 0 Å². The SMILES string of the molecule is CC[S@](=O)c1cc(Cl)cc(C)c1C#N. The fourth-order valence-corrected chi connectivity index (χ4v) is 2.53. The molecule has 74 valence electrons. The van der Waals surface area contributed by atoms with Crippen molar-refractivity contribution in [2.45, 2.75) is 18.7 Å². The highest BCUT2D eigenvalue weighted by atomic mass is 35.5. The monoisotopic (exact) mass is 227 g/mol. The lowest BCUT2D eigenvalue weighted by molar-refractivity contribution is 0.683. The summed E-state index contributed by atoms with van der Waals surface area (Å²) in [5, 5.41) is 9.43. The van der Waals surface area contributed by atoms with E-state index in [1.54, 1.807) is 19.1 Å². The number of halogens is 1. The summed E-state index contributed by atoms with van der Waals surface area (Å²) in [6.45, 7) is 3.61. The first-order valence-electron chi connectivity index (χ1n) is 4.18. The van der Waals surface area contributed by atoms with Crippen LogP contribution in [0.2, 0.25) is 5.02 Å². The highest BCUT2D eigenvalue weighted by Gasteiger charge is 2.11. The van der Waals surface area contributed by atoms with Gasteiger partial charge in [-0.05, 0) is 24.6 Å². The number of benzene rings is 1. The zero-order valence-corrected chi connectivity index (χ0v) is 9.58. The van der Waals surface area contributed by atoms with Crippen LogP contribution in [0.3, 0.4) is 0 Å². The average Bonchev–Trinajstić information content (AvgIpc) is 2.15. The molecule has 0 heterocycles. The van der Waals surface area contributed by atoms with Gasteiger partial charge in [0.1, 0.15) is 6.07 Å². The van der Waals surface area contributed by atoms with Crippen molar-refractivity contribution in [3.8, 4) is 6.07 Å². The molecule has 2 nitrogen and oxygen atoms in total. The van der Waals surface area contributed by atoms with Crippen molar-refractivity contribution in [3.05, 3.63) is 28.3 Å². The molecule has 0 spiro atoms. The van der Waals surface area contributed by atoms with Gasteiger partial charge in [0.2, 0.25) is 0 Å². The summed E-state index contributed by atoms with van der Waals surface area (Å²) in [4.78, 5) is 0.542. The highest BCUT2D eigenvalue weighted by Crippen LogP contribution is 2.22. The van der Waals surface area contributed by atoms with Gasteiger partial charge in [-0.1, -0.05) is 18.5 Å². The molecule has 1 aromatic rings. The first-order valence-corrected chi connectivity index (χ1v) is 5.88. The van der Waals surface area contributed by atoms with Gasteiger partial charge in [-0.25, -0.2) is 0 Å². The molecule has 1 atom stereocenters. The lowest BCUT2D eigenvalue weighted by atomic mass is 10.1. The number of nitriles is 1. The van der Waals surface area contributed by atoms with Crippen molar-refractivity contribution in [2.24, 2.45) is 0 Å². The Morgan fingerprint density at radius 2 is 2.21 bits per heavy atom. The van der Waals surface area contributed by atoms with E-state index in [1.165, 1.54) is 0 Å². The molecule has 0 N–H and O–H groups in total. The molecule has 14 heavy (non-hydrogen) atoms. The van der Waals surface area contributed by atoms with E-state index in [0.29, 0.717) is 21.2 Å². The molecule has 0 amide bonds. The van der Waals surface area contributed by atoms with Crippen LogP contribution in [-0.4, -0.2) is 9.96 Å². The van der Waals surface area contributed by atoms with Crippen molar-refractivity contribution in [1.82, 2.24) is 0 Å². The molecule has 0 aliphatic heterocycles. The maximum atomic E-state index is 11.6. The molecule has 1 aromatic carbocycles. The zero-order chi connectivity index (χ0) is 10.7. The van der Waals surface area contributed by atoms with E-state index in [4.69, 9.17) is 16.9 Å². The first-order chi connectivity index (χ1) is 6.60. The lowest BCUT2D eigenvalue weighted by Crippen LogP contribution is -1.99. The summed E-state index contributed by atoms with van der Waals surface area (Å²) in [6, 6.07) is 5.36. The quantitative estimate of drug-likeness (QED) is 0.780. The Kier molecular flexibility index (Phi) is 3.68. The second kappa shape index (κ2) is 4.59. The number of hydrogen-bond donors (Lipinski definition) is 0. The van der Waals surface area contributed by atoms with Gasteiger partial charge in [0.15, 0.2) is 0 Å². The summed E-state index contributed by atoms with van der Waals surface area (Å²) < 4.78 is 11.6. The van der Waals surface area contributed by atoms with Crippen LogP contribution in [0, 0.1) is 18.3 Å². The standard InChI is InChI=1S/C10H10ClNOS/c1-3-14(13)10-5-8(11)4-7(2)9(10)6-12/h4-5H,3H2,1-2H3/t14-/m0/s1. The molecule has 0 radical (unpaired) electrons. The lowest BCUT2D eigenvalue weighted by Gasteiger charge is -2.05. The smallest absolute Gasteiger partial charge is 0.101 e. The van der Waals surface area contributed by atoms with E-state index in [0.717, 1.165) is 5.56 Å². The molecule has 0 aromatic heterocycles. The largest absolute Gasteiger partial charge is 0.254 e. The van der Waals surface area contributed by atoms with Gasteiger partial charge in [-0.3, -0.25) is 4.21 Å². The molecule has 0 bridgehead atoms. The fourth-order valence-electron chi connectivity index (χ4n) is 1.19. The van der Waals surface area contributed by atoms with Crippen molar-refractivity contribution in [2.75, 3.05) is 5.75 Å². The Morgan fingerprint density at radius 3 is 2.71 bits per heavy atom. The minimum Gasteiger partial charge on any atom is -0.254 e. The first kappa shape index (κ1) is 11.2. The summed E-state index contributed by atoms with van der Waals surface area (Å²) in [6.07, 6.45) is 0. The molecule has 0 fully saturated rings. The van der Waals surface area contributed by atoms with E-state index in [-0.39, 0.29) is 0 Å². The van der Waals surface area contributed by atoms with Crippen LogP contribution >= 0.6 is 11.6 Å². The van der Waals surface area contributed by atoms with E-state index in [1.807, 2.05) is 6.92 Å². The Morgan fingerprint density at radius 1 is 1.57 bits per heavy atom. The fraction of sp³-hybridized carbons (Fsp3) is 0.300. The van der Waals surface area contributed by atoms with Gasteiger partial charge < -0.3 is 0 Å². The Bertz CT molecular complexity index is 423. The van der Waals surface area contributed by atoms with E-state index >= 15 is 0 Å². The number of nitrogens with zero attached hydrogens (tertiary/aromatic N) is 1. The molecule has 0 saturated carbocycles. The third kappa shape index (κ3) is 2.14.